The maximum absolute atomic E-state index is 4.76. The summed E-state index contributed by atoms with van der Waals surface area (Å²) < 4.78 is 0. The fourth-order valence-corrected chi connectivity index (χ4v) is 2.39. The van der Waals surface area contributed by atoms with Gasteiger partial charge in [0, 0.05) is 23.8 Å². The molecule has 1 N–H and O–H groups in total. The summed E-state index contributed by atoms with van der Waals surface area (Å²) in [5.41, 5.74) is 6.04. The van der Waals surface area contributed by atoms with E-state index in [1.807, 2.05) is 7.05 Å². The number of aryl methyl sites for hydroxylation is 3. The van der Waals surface area contributed by atoms with Crippen molar-refractivity contribution >= 4 is 16.6 Å². The summed E-state index contributed by atoms with van der Waals surface area (Å²) in [6.45, 7) is 6.46. The van der Waals surface area contributed by atoms with E-state index in [2.05, 4.69) is 44.3 Å². The first kappa shape index (κ1) is 11.9. The number of fused-ring (bicyclic) bond motifs is 1. The number of hydrogen-bond donors (Lipinski definition) is 1. The molecule has 0 saturated carbocycles. The van der Waals surface area contributed by atoms with Crippen molar-refractivity contribution in [2.24, 2.45) is 0 Å². The summed E-state index contributed by atoms with van der Waals surface area (Å²) in [6.07, 6.45) is 2.17. The second kappa shape index (κ2) is 4.74. The summed E-state index contributed by atoms with van der Waals surface area (Å²) in [6, 6.07) is 6.56. The second-order valence-corrected chi connectivity index (χ2v) is 4.64. The number of rotatable bonds is 3. The van der Waals surface area contributed by atoms with Crippen LogP contribution in [0.1, 0.15) is 30.2 Å². The van der Waals surface area contributed by atoms with Gasteiger partial charge in [0.25, 0.3) is 0 Å². The summed E-state index contributed by atoms with van der Waals surface area (Å²) in [7, 11) is 1.98. The van der Waals surface area contributed by atoms with Gasteiger partial charge < -0.3 is 5.32 Å². The minimum atomic E-state index is 1.04. The van der Waals surface area contributed by atoms with E-state index in [0.717, 1.165) is 18.4 Å². The van der Waals surface area contributed by atoms with Crippen molar-refractivity contribution in [1.82, 2.24) is 4.98 Å². The number of hydrogen-bond acceptors (Lipinski definition) is 2. The molecule has 0 atom stereocenters. The molecule has 2 rings (SSSR count). The third-order valence-corrected chi connectivity index (χ3v) is 3.08. The van der Waals surface area contributed by atoms with Gasteiger partial charge >= 0.3 is 0 Å². The van der Waals surface area contributed by atoms with Gasteiger partial charge in [0.05, 0.1) is 5.52 Å². The van der Waals surface area contributed by atoms with Crippen LogP contribution in [-0.4, -0.2) is 12.0 Å². The van der Waals surface area contributed by atoms with E-state index in [9.17, 15) is 0 Å². The highest BCUT2D eigenvalue weighted by Crippen LogP contribution is 2.27. The lowest BCUT2D eigenvalue weighted by molar-refractivity contribution is 0.890. The molecule has 0 unspecified atom stereocenters. The number of nitrogens with one attached hydrogen (secondary N) is 1. The minimum absolute atomic E-state index is 1.04. The van der Waals surface area contributed by atoms with Crippen LogP contribution in [0.3, 0.4) is 0 Å². The highest BCUT2D eigenvalue weighted by atomic mass is 14.8. The summed E-state index contributed by atoms with van der Waals surface area (Å²) >= 11 is 0. The molecule has 0 spiro atoms. The molecule has 0 saturated heterocycles. The van der Waals surface area contributed by atoms with Gasteiger partial charge in [0.15, 0.2) is 0 Å². The molecule has 0 radical (unpaired) electrons. The first-order valence-electron chi connectivity index (χ1n) is 6.24. The average Bonchev–Trinajstić information content (AvgIpc) is 2.27. The van der Waals surface area contributed by atoms with Gasteiger partial charge in [-0.25, -0.2) is 0 Å². The lowest BCUT2D eigenvalue weighted by atomic mass is 10.0. The molecule has 1 aromatic carbocycles. The van der Waals surface area contributed by atoms with Crippen LogP contribution in [0.25, 0.3) is 10.9 Å². The first-order valence-corrected chi connectivity index (χ1v) is 6.24. The molecule has 2 nitrogen and oxygen atoms in total. The van der Waals surface area contributed by atoms with Gasteiger partial charge in [0.1, 0.15) is 0 Å². The zero-order valence-corrected chi connectivity index (χ0v) is 11.1. The SMILES string of the molecule is CCCc1cc(NC)c2c(C)cc(C)cc2n1. The van der Waals surface area contributed by atoms with Crippen LogP contribution in [0, 0.1) is 13.8 Å². The van der Waals surface area contributed by atoms with Crippen LogP contribution in [0.2, 0.25) is 0 Å². The van der Waals surface area contributed by atoms with Crippen molar-refractivity contribution in [2.45, 2.75) is 33.6 Å². The molecule has 0 aliphatic carbocycles. The number of benzene rings is 1. The van der Waals surface area contributed by atoms with E-state index in [0.29, 0.717) is 0 Å². The Morgan fingerprint density at radius 3 is 2.59 bits per heavy atom. The van der Waals surface area contributed by atoms with Gasteiger partial charge in [-0.3, -0.25) is 4.98 Å². The summed E-state index contributed by atoms with van der Waals surface area (Å²) in [5.74, 6) is 0. The van der Waals surface area contributed by atoms with Crippen molar-refractivity contribution in [1.29, 1.82) is 0 Å². The van der Waals surface area contributed by atoms with Crippen LogP contribution < -0.4 is 5.32 Å². The van der Waals surface area contributed by atoms with Crippen molar-refractivity contribution in [2.75, 3.05) is 12.4 Å². The molecule has 2 aromatic rings. The molecule has 0 aliphatic rings. The predicted octanol–water partition coefficient (Wildman–Crippen LogP) is 3.85. The molecule has 0 aliphatic heterocycles. The smallest absolute Gasteiger partial charge is 0.0731 e. The molecule has 1 heterocycles. The highest BCUT2D eigenvalue weighted by Gasteiger charge is 2.07. The topological polar surface area (TPSA) is 24.9 Å². The van der Waals surface area contributed by atoms with Crippen molar-refractivity contribution in [3.8, 4) is 0 Å². The van der Waals surface area contributed by atoms with Crippen LogP contribution in [-0.2, 0) is 6.42 Å². The Bertz CT molecular complexity index is 544. The van der Waals surface area contributed by atoms with Crippen LogP contribution in [0.5, 0.6) is 0 Å². The number of pyridine rings is 1. The van der Waals surface area contributed by atoms with E-state index in [4.69, 9.17) is 4.98 Å². The van der Waals surface area contributed by atoms with Gasteiger partial charge in [0.2, 0.25) is 0 Å². The first-order chi connectivity index (χ1) is 8.15. The molecule has 0 bridgehead atoms. The highest BCUT2D eigenvalue weighted by molar-refractivity contribution is 5.94. The van der Waals surface area contributed by atoms with E-state index in [1.54, 1.807) is 0 Å². The average molecular weight is 228 g/mol. The fourth-order valence-electron chi connectivity index (χ4n) is 2.39. The zero-order chi connectivity index (χ0) is 12.4. The zero-order valence-electron chi connectivity index (χ0n) is 11.1. The Labute approximate surface area is 103 Å². The third kappa shape index (κ3) is 2.26. The maximum atomic E-state index is 4.76. The van der Waals surface area contributed by atoms with E-state index >= 15 is 0 Å². The lowest BCUT2D eigenvalue weighted by Gasteiger charge is -2.12. The molecule has 0 fully saturated rings. The van der Waals surface area contributed by atoms with Crippen molar-refractivity contribution < 1.29 is 0 Å². The van der Waals surface area contributed by atoms with E-state index in [-0.39, 0.29) is 0 Å². The van der Waals surface area contributed by atoms with Crippen molar-refractivity contribution in [3.63, 3.8) is 0 Å². The summed E-state index contributed by atoms with van der Waals surface area (Å²) in [5, 5.41) is 4.54. The van der Waals surface area contributed by atoms with Crippen LogP contribution in [0.15, 0.2) is 18.2 Å². The van der Waals surface area contributed by atoms with Crippen LogP contribution >= 0.6 is 0 Å². The Morgan fingerprint density at radius 1 is 1.18 bits per heavy atom. The number of nitrogens with zero attached hydrogens (tertiary/aromatic N) is 1. The third-order valence-electron chi connectivity index (χ3n) is 3.08. The predicted molar refractivity (Wildman–Crippen MR) is 74.8 cm³/mol. The van der Waals surface area contributed by atoms with E-state index < -0.39 is 0 Å². The minimum Gasteiger partial charge on any atom is -0.388 e. The maximum Gasteiger partial charge on any atom is 0.0731 e. The Morgan fingerprint density at radius 2 is 1.94 bits per heavy atom. The largest absolute Gasteiger partial charge is 0.388 e. The molecular formula is C15H20N2. The quantitative estimate of drug-likeness (QED) is 0.863. The molecule has 2 heteroatoms. The van der Waals surface area contributed by atoms with Gasteiger partial charge in [-0.1, -0.05) is 19.4 Å². The fraction of sp³-hybridized carbons (Fsp3) is 0.400. The summed E-state index contributed by atoms with van der Waals surface area (Å²) in [4.78, 5) is 4.76. The molecule has 0 amide bonds. The molecule has 17 heavy (non-hydrogen) atoms. The molecule has 90 valence electrons. The van der Waals surface area contributed by atoms with Gasteiger partial charge in [-0.15, -0.1) is 0 Å². The monoisotopic (exact) mass is 228 g/mol. The Kier molecular flexibility index (Phi) is 3.32. The normalized spacial score (nSPS) is 10.8. The lowest BCUT2D eigenvalue weighted by Crippen LogP contribution is -1.98. The second-order valence-electron chi connectivity index (χ2n) is 4.64. The molecule has 1 aromatic heterocycles. The van der Waals surface area contributed by atoms with Gasteiger partial charge in [-0.2, -0.15) is 0 Å². The number of anilines is 1. The van der Waals surface area contributed by atoms with Crippen LogP contribution in [0.4, 0.5) is 5.69 Å². The van der Waals surface area contributed by atoms with E-state index in [1.165, 1.54) is 27.9 Å². The standard InChI is InChI=1S/C15H20N2/c1-5-6-12-9-13(16-4)15-11(3)7-10(2)8-14(15)17-12/h7-9H,5-6H2,1-4H3,(H,16,17). The van der Waals surface area contributed by atoms with Crippen molar-refractivity contribution in [3.05, 3.63) is 35.0 Å². The molecular weight excluding hydrogens is 208 g/mol. The Balaban J connectivity index is 2.73. The number of aromatic nitrogens is 1. The Hall–Kier alpha value is -1.57. The van der Waals surface area contributed by atoms with Gasteiger partial charge in [-0.05, 0) is 43.5 Å².